The highest BCUT2D eigenvalue weighted by Gasteiger charge is 2.27. The quantitative estimate of drug-likeness (QED) is 0.734. The lowest BCUT2D eigenvalue weighted by molar-refractivity contribution is 0.0630. The molecule has 1 saturated heterocycles. The topological polar surface area (TPSA) is 23.6 Å². The van der Waals surface area contributed by atoms with Gasteiger partial charge in [0.05, 0.1) is 5.56 Å². The minimum absolute atomic E-state index is 0.126. The fourth-order valence-corrected chi connectivity index (χ4v) is 3.78. The second kappa shape index (κ2) is 7.75. The molecule has 0 bridgehead atoms. The molecule has 21 heavy (non-hydrogen) atoms. The molecule has 0 aromatic heterocycles. The molecule has 1 heterocycles. The zero-order valence-corrected chi connectivity index (χ0v) is 15.8. The average molecular weight is 418 g/mol. The smallest absolute Gasteiger partial charge is 0.255 e. The average Bonchev–Trinajstić information content (AvgIpc) is 2.51. The van der Waals surface area contributed by atoms with E-state index in [2.05, 4.69) is 50.6 Å². The van der Waals surface area contributed by atoms with Crippen LogP contribution in [0.2, 0.25) is 0 Å². The van der Waals surface area contributed by atoms with Crippen LogP contribution in [0.15, 0.2) is 27.1 Å². The summed E-state index contributed by atoms with van der Waals surface area (Å²) in [6, 6.07) is 6.37. The van der Waals surface area contributed by atoms with E-state index in [0.717, 1.165) is 53.5 Å². The molecule has 1 aromatic rings. The molecular weight excluding hydrogens is 396 g/mol. The fourth-order valence-electron chi connectivity index (χ4n) is 3.01. The Morgan fingerprint density at radius 3 is 2.43 bits per heavy atom. The van der Waals surface area contributed by atoms with Gasteiger partial charge in [0.15, 0.2) is 0 Å². The first-order valence-corrected chi connectivity index (χ1v) is 9.13. The fraction of sp³-hybridized carbons (Fsp3) is 0.562. The molecular formula is C16H22Br2N2O. The van der Waals surface area contributed by atoms with Gasteiger partial charge in [-0.1, -0.05) is 29.8 Å². The Kier molecular flexibility index (Phi) is 6.26. The maximum absolute atomic E-state index is 12.6. The van der Waals surface area contributed by atoms with Crippen molar-refractivity contribution in [2.24, 2.45) is 0 Å². The van der Waals surface area contributed by atoms with Crippen LogP contribution in [-0.2, 0) is 0 Å². The van der Waals surface area contributed by atoms with Gasteiger partial charge < -0.3 is 9.80 Å². The van der Waals surface area contributed by atoms with Crippen molar-refractivity contribution < 1.29 is 4.79 Å². The molecule has 1 fully saturated rings. The van der Waals surface area contributed by atoms with Crippen LogP contribution in [0.4, 0.5) is 0 Å². The second-order valence-electron chi connectivity index (χ2n) is 5.37. The van der Waals surface area contributed by atoms with E-state index in [9.17, 15) is 4.79 Å². The summed E-state index contributed by atoms with van der Waals surface area (Å²) in [4.78, 5) is 17.1. The summed E-state index contributed by atoms with van der Waals surface area (Å²) >= 11 is 6.92. The van der Waals surface area contributed by atoms with Gasteiger partial charge in [0.1, 0.15) is 0 Å². The van der Waals surface area contributed by atoms with Gasteiger partial charge in [-0.15, -0.1) is 0 Å². The van der Waals surface area contributed by atoms with Gasteiger partial charge in [0.2, 0.25) is 0 Å². The van der Waals surface area contributed by atoms with Gasteiger partial charge in [0, 0.05) is 28.1 Å². The van der Waals surface area contributed by atoms with Gasteiger partial charge >= 0.3 is 0 Å². The van der Waals surface area contributed by atoms with Gasteiger partial charge in [0.25, 0.3) is 5.91 Å². The van der Waals surface area contributed by atoms with E-state index in [1.165, 1.54) is 0 Å². The third-order valence-corrected chi connectivity index (χ3v) is 5.42. The Bertz CT molecular complexity index is 495. The van der Waals surface area contributed by atoms with Crippen molar-refractivity contribution >= 4 is 37.8 Å². The van der Waals surface area contributed by atoms with E-state index < -0.39 is 0 Å². The maximum Gasteiger partial charge on any atom is 0.255 e. The third kappa shape index (κ3) is 4.08. The number of amides is 1. The number of halogens is 2. The molecule has 2 rings (SSSR count). The highest BCUT2D eigenvalue weighted by atomic mass is 79.9. The van der Waals surface area contributed by atoms with Crippen molar-refractivity contribution in [3.8, 4) is 0 Å². The Hall–Kier alpha value is -0.390. The summed E-state index contributed by atoms with van der Waals surface area (Å²) in [5.41, 5.74) is 0.741. The van der Waals surface area contributed by atoms with Crippen LogP contribution in [0, 0.1) is 0 Å². The highest BCUT2D eigenvalue weighted by molar-refractivity contribution is 9.11. The Balaban J connectivity index is 2.02. The molecule has 0 saturated carbocycles. The predicted octanol–water partition coefficient (Wildman–Crippen LogP) is 4.16. The van der Waals surface area contributed by atoms with Crippen LogP contribution in [0.3, 0.4) is 0 Å². The SMILES string of the molecule is CCN(CC)C1CCN(C(=O)c2cc(Br)ccc2Br)CC1. The molecule has 116 valence electrons. The van der Waals surface area contributed by atoms with Gasteiger partial charge in [-0.2, -0.15) is 0 Å². The number of benzene rings is 1. The van der Waals surface area contributed by atoms with Crippen molar-refractivity contribution in [2.45, 2.75) is 32.7 Å². The molecule has 1 amide bonds. The van der Waals surface area contributed by atoms with Crippen molar-refractivity contribution in [2.75, 3.05) is 26.2 Å². The monoisotopic (exact) mass is 416 g/mol. The summed E-state index contributed by atoms with van der Waals surface area (Å²) in [7, 11) is 0. The zero-order valence-electron chi connectivity index (χ0n) is 12.6. The van der Waals surface area contributed by atoms with Crippen molar-refractivity contribution in [1.82, 2.24) is 9.80 Å². The van der Waals surface area contributed by atoms with Gasteiger partial charge in [-0.3, -0.25) is 4.79 Å². The van der Waals surface area contributed by atoms with Crippen molar-refractivity contribution in [3.05, 3.63) is 32.7 Å². The molecule has 0 spiro atoms. The highest BCUT2D eigenvalue weighted by Crippen LogP contribution is 2.25. The van der Waals surface area contributed by atoms with E-state index >= 15 is 0 Å². The largest absolute Gasteiger partial charge is 0.338 e. The maximum atomic E-state index is 12.6. The number of nitrogens with zero attached hydrogens (tertiary/aromatic N) is 2. The molecule has 3 nitrogen and oxygen atoms in total. The number of carbonyl (C=O) groups is 1. The first-order valence-electron chi connectivity index (χ1n) is 7.55. The number of hydrogen-bond acceptors (Lipinski definition) is 2. The normalized spacial score (nSPS) is 16.5. The Labute approximate surface area is 143 Å². The first kappa shape index (κ1) is 17.0. The van der Waals surface area contributed by atoms with Gasteiger partial charge in [-0.25, -0.2) is 0 Å². The molecule has 0 aliphatic carbocycles. The van der Waals surface area contributed by atoms with Crippen LogP contribution < -0.4 is 0 Å². The summed E-state index contributed by atoms with van der Waals surface area (Å²) in [5, 5.41) is 0. The van der Waals surface area contributed by atoms with E-state index in [1.54, 1.807) is 0 Å². The van der Waals surface area contributed by atoms with Crippen LogP contribution in [0.25, 0.3) is 0 Å². The van der Waals surface area contributed by atoms with Crippen molar-refractivity contribution in [1.29, 1.82) is 0 Å². The summed E-state index contributed by atoms with van der Waals surface area (Å²) in [6.07, 6.45) is 2.14. The zero-order chi connectivity index (χ0) is 15.4. The van der Waals surface area contributed by atoms with E-state index in [0.29, 0.717) is 6.04 Å². The standard InChI is InChI=1S/C16H22Br2N2O/c1-3-19(4-2)13-7-9-20(10-8-13)16(21)14-11-12(17)5-6-15(14)18/h5-6,11,13H,3-4,7-10H2,1-2H3. The molecule has 0 radical (unpaired) electrons. The minimum Gasteiger partial charge on any atom is -0.338 e. The summed E-state index contributed by atoms with van der Waals surface area (Å²) in [5.74, 6) is 0.126. The third-order valence-electron chi connectivity index (χ3n) is 4.24. The van der Waals surface area contributed by atoms with E-state index in [4.69, 9.17) is 0 Å². The van der Waals surface area contributed by atoms with Crippen LogP contribution >= 0.6 is 31.9 Å². The number of likely N-dealkylation sites (tertiary alicyclic amines) is 1. The van der Waals surface area contributed by atoms with E-state index in [1.807, 2.05) is 23.1 Å². The lowest BCUT2D eigenvalue weighted by Gasteiger charge is -2.37. The molecule has 0 atom stereocenters. The van der Waals surface area contributed by atoms with Crippen molar-refractivity contribution in [3.63, 3.8) is 0 Å². The van der Waals surface area contributed by atoms with E-state index in [-0.39, 0.29) is 5.91 Å². The number of piperidine rings is 1. The van der Waals surface area contributed by atoms with Crippen LogP contribution in [0.1, 0.15) is 37.0 Å². The second-order valence-corrected chi connectivity index (χ2v) is 7.14. The molecule has 1 aromatic carbocycles. The molecule has 0 N–H and O–H groups in total. The number of rotatable bonds is 4. The predicted molar refractivity (Wildman–Crippen MR) is 93.7 cm³/mol. The lowest BCUT2D eigenvalue weighted by Crippen LogP contribution is -2.46. The Morgan fingerprint density at radius 1 is 1.24 bits per heavy atom. The van der Waals surface area contributed by atoms with Crippen LogP contribution in [0.5, 0.6) is 0 Å². The minimum atomic E-state index is 0.126. The summed E-state index contributed by atoms with van der Waals surface area (Å²) < 4.78 is 1.80. The summed E-state index contributed by atoms with van der Waals surface area (Å²) in [6.45, 7) is 8.29. The molecule has 5 heteroatoms. The molecule has 0 unspecified atom stereocenters. The molecule has 1 aliphatic heterocycles. The lowest BCUT2D eigenvalue weighted by atomic mass is 10.0. The van der Waals surface area contributed by atoms with Gasteiger partial charge in [-0.05, 0) is 60.1 Å². The number of carbonyl (C=O) groups excluding carboxylic acids is 1. The molecule has 1 aliphatic rings. The van der Waals surface area contributed by atoms with Crippen LogP contribution in [-0.4, -0.2) is 47.9 Å². The first-order chi connectivity index (χ1) is 10.1. The number of hydrogen-bond donors (Lipinski definition) is 0. The Morgan fingerprint density at radius 2 is 1.86 bits per heavy atom.